The number of nitrogens with one attached hydrogen (secondary N) is 1. The van der Waals surface area contributed by atoms with Gasteiger partial charge in [0, 0.05) is 46.4 Å². The Labute approximate surface area is 156 Å². The molecule has 0 aliphatic carbocycles. The molecule has 3 aromatic rings. The lowest BCUT2D eigenvalue weighted by Gasteiger charge is -2.19. The lowest BCUT2D eigenvalue weighted by atomic mass is 9.99. The average Bonchev–Trinajstić information content (AvgIpc) is 3.13. The molecule has 0 amide bonds. The number of rotatable bonds is 4. The Kier molecular flexibility index (Phi) is 4.33. The van der Waals surface area contributed by atoms with Crippen LogP contribution in [-0.4, -0.2) is 36.3 Å². The highest BCUT2D eigenvalue weighted by Gasteiger charge is 2.28. The van der Waals surface area contributed by atoms with Crippen LogP contribution in [0.15, 0.2) is 47.5 Å². The maximum atomic E-state index is 13.4. The number of hydrogen-bond acceptors (Lipinski definition) is 4. The molecule has 1 aliphatic rings. The zero-order chi connectivity index (χ0) is 18.5. The molecular weight excluding hydrogens is 371 g/mol. The van der Waals surface area contributed by atoms with Crippen molar-refractivity contribution in [3.05, 3.63) is 54.0 Å². The van der Waals surface area contributed by atoms with E-state index in [0.717, 1.165) is 26.9 Å². The normalized spacial score (nSPS) is 17.7. The van der Waals surface area contributed by atoms with Gasteiger partial charge in [-0.2, -0.15) is 0 Å². The highest BCUT2D eigenvalue weighted by molar-refractivity contribution is 7.97. The van der Waals surface area contributed by atoms with Crippen LogP contribution in [0.25, 0.3) is 22.0 Å². The average molecular weight is 391 g/mol. The van der Waals surface area contributed by atoms with Gasteiger partial charge in [0.05, 0.1) is 5.75 Å². The molecular formula is C19H19FN2O2S2. The number of aromatic amines is 1. The Morgan fingerprint density at radius 3 is 2.81 bits per heavy atom. The number of H-pyrrole nitrogens is 1. The number of fused-ring (bicyclic) bond motifs is 2. The van der Waals surface area contributed by atoms with Gasteiger partial charge in [-0.3, -0.25) is 0 Å². The van der Waals surface area contributed by atoms with Gasteiger partial charge in [-0.15, -0.1) is 0 Å². The van der Waals surface area contributed by atoms with Crippen molar-refractivity contribution < 1.29 is 12.8 Å². The number of nitrogens with zero attached hydrogens (tertiary/aromatic N) is 1. The Hall–Kier alpha value is -1.83. The summed E-state index contributed by atoms with van der Waals surface area (Å²) in [5.74, 6) is -0.106. The van der Waals surface area contributed by atoms with Crippen LogP contribution in [0.2, 0.25) is 0 Å². The van der Waals surface area contributed by atoms with E-state index < -0.39 is 9.84 Å². The molecule has 1 N–H and O–H groups in total. The summed E-state index contributed by atoms with van der Waals surface area (Å²) in [6.07, 6.45) is 3.17. The fourth-order valence-corrected chi connectivity index (χ4v) is 5.13. The highest BCUT2D eigenvalue weighted by atomic mass is 32.2. The molecule has 1 aromatic heterocycles. The third-order valence-electron chi connectivity index (χ3n) is 4.74. The molecule has 0 fully saturated rings. The molecule has 7 heteroatoms. The molecule has 4 rings (SSSR count). The largest absolute Gasteiger partial charge is 0.360 e. The quantitative estimate of drug-likeness (QED) is 0.671. The van der Waals surface area contributed by atoms with Crippen molar-refractivity contribution in [3.8, 4) is 11.1 Å². The lowest BCUT2D eigenvalue weighted by Crippen LogP contribution is -2.22. The second-order valence-electron chi connectivity index (χ2n) is 6.68. The summed E-state index contributed by atoms with van der Waals surface area (Å²) in [6, 6.07) is 11.2. The maximum Gasteiger partial charge on any atom is 0.148 e. The SMILES string of the molecule is CC1c2cc(-c3c[nH]c4cc(F)ccc34)ccc2SN1CCS(C)(=O)=O. The van der Waals surface area contributed by atoms with Crippen LogP contribution < -0.4 is 0 Å². The fraction of sp³-hybridized carbons (Fsp3) is 0.263. The van der Waals surface area contributed by atoms with Gasteiger partial charge in [0.2, 0.25) is 0 Å². The van der Waals surface area contributed by atoms with E-state index in [1.165, 1.54) is 24.0 Å². The van der Waals surface area contributed by atoms with Crippen molar-refractivity contribution in [1.82, 2.24) is 9.29 Å². The van der Waals surface area contributed by atoms with Gasteiger partial charge in [0.1, 0.15) is 15.7 Å². The summed E-state index contributed by atoms with van der Waals surface area (Å²) in [5, 5.41) is 0.985. The van der Waals surface area contributed by atoms with Crippen molar-refractivity contribution in [3.63, 3.8) is 0 Å². The molecule has 0 spiro atoms. The molecule has 0 bridgehead atoms. The van der Waals surface area contributed by atoms with Gasteiger partial charge in [0.15, 0.2) is 0 Å². The third-order valence-corrected chi connectivity index (χ3v) is 6.97. The Morgan fingerprint density at radius 2 is 2.04 bits per heavy atom. The summed E-state index contributed by atoms with van der Waals surface area (Å²) >= 11 is 1.61. The predicted molar refractivity (Wildman–Crippen MR) is 104 cm³/mol. The van der Waals surface area contributed by atoms with Crippen LogP contribution in [0, 0.1) is 5.82 Å². The minimum atomic E-state index is -2.98. The zero-order valence-electron chi connectivity index (χ0n) is 14.5. The van der Waals surface area contributed by atoms with Crippen LogP contribution in [0.5, 0.6) is 0 Å². The van der Waals surface area contributed by atoms with Crippen LogP contribution in [0.4, 0.5) is 4.39 Å². The molecule has 1 atom stereocenters. The first kappa shape index (κ1) is 17.6. The van der Waals surface area contributed by atoms with E-state index in [1.54, 1.807) is 18.0 Å². The van der Waals surface area contributed by atoms with Crippen molar-refractivity contribution in [2.45, 2.75) is 17.9 Å². The number of hydrogen-bond donors (Lipinski definition) is 1. The van der Waals surface area contributed by atoms with E-state index in [9.17, 15) is 12.8 Å². The number of aromatic nitrogens is 1. The summed E-state index contributed by atoms with van der Waals surface area (Å²) in [7, 11) is -2.98. The summed E-state index contributed by atoms with van der Waals surface area (Å²) in [5.41, 5.74) is 4.07. The molecule has 2 aromatic carbocycles. The first-order valence-electron chi connectivity index (χ1n) is 8.35. The summed E-state index contributed by atoms with van der Waals surface area (Å²) < 4.78 is 38.4. The fourth-order valence-electron chi connectivity index (χ4n) is 3.32. The minimum absolute atomic E-state index is 0.138. The molecule has 1 aliphatic heterocycles. The molecule has 0 saturated carbocycles. The van der Waals surface area contributed by atoms with Crippen LogP contribution in [0.3, 0.4) is 0 Å². The van der Waals surface area contributed by atoms with Gasteiger partial charge in [-0.1, -0.05) is 6.07 Å². The van der Waals surface area contributed by atoms with E-state index in [-0.39, 0.29) is 17.6 Å². The van der Waals surface area contributed by atoms with E-state index in [0.29, 0.717) is 6.54 Å². The van der Waals surface area contributed by atoms with E-state index in [4.69, 9.17) is 0 Å². The van der Waals surface area contributed by atoms with Crippen LogP contribution in [-0.2, 0) is 9.84 Å². The Balaban J connectivity index is 1.66. The van der Waals surface area contributed by atoms with Crippen molar-refractivity contribution in [2.75, 3.05) is 18.6 Å². The Morgan fingerprint density at radius 1 is 1.23 bits per heavy atom. The number of halogens is 1. The molecule has 26 heavy (non-hydrogen) atoms. The van der Waals surface area contributed by atoms with Gasteiger partial charge in [-0.25, -0.2) is 17.1 Å². The van der Waals surface area contributed by atoms with Crippen molar-refractivity contribution >= 4 is 32.7 Å². The number of benzene rings is 2. The van der Waals surface area contributed by atoms with E-state index >= 15 is 0 Å². The van der Waals surface area contributed by atoms with Gasteiger partial charge >= 0.3 is 0 Å². The first-order chi connectivity index (χ1) is 12.3. The zero-order valence-corrected chi connectivity index (χ0v) is 16.1. The first-order valence-corrected chi connectivity index (χ1v) is 11.2. The maximum absolute atomic E-state index is 13.4. The molecule has 0 radical (unpaired) electrons. The summed E-state index contributed by atoms with van der Waals surface area (Å²) in [4.78, 5) is 4.28. The van der Waals surface area contributed by atoms with Gasteiger partial charge in [0.25, 0.3) is 0 Å². The monoisotopic (exact) mass is 390 g/mol. The second-order valence-corrected chi connectivity index (χ2v) is 10.0. The van der Waals surface area contributed by atoms with Crippen molar-refractivity contribution in [2.24, 2.45) is 0 Å². The van der Waals surface area contributed by atoms with Gasteiger partial charge in [-0.05, 0) is 60.3 Å². The lowest BCUT2D eigenvalue weighted by molar-refractivity contribution is 0.413. The third kappa shape index (κ3) is 3.26. The molecule has 0 saturated heterocycles. The molecule has 1 unspecified atom stereocenters. The standard InChI is InChI=1S/C19H19FN2O2S2/c1-12-16-9-13(17-11-21-18-10-14(20)4-5-15(17)18)3-6-19(16)25-22(12)7-8-26(2,23)24/h3-6,9-12,21H,7-8H2,1-2H3. The molecule has 136 valence electrons. The van der Waals surface area contributed by atoms with E-state index in [1.807, 2.05) is 6.20 Å². The number of sulfone groups is 1. The van der Waals surface area contributed by atoms with Gasteiger partial charge < -0.3 is 4.98 Å². The van der Waals surface area contributed by atoms with Crippen molar-refractivity contribution in [1.29, 1.82) is 0 Å². The Bertz CT molecular complexity index is 1090. The molecule has 4 nitrogen and oxygen atoms in total. The predicted octanol–water partition coefficient (Wildman–Crippen LogP) is 4.40. The smallest absolute Gasteiger partial charge is 0.148 e. The highest BCUT2D eigenvalue weighted by Crippen LogP contribution is 2.45. The summed E-state index contributed by atoms with van der Waals surface area (Å²) in [6.45, 7) is 2.59. The van der Waals surface area contributed by atoms with Crippen LogP contribution >= 0.6 is 11.9 Å². The minimum Gasteiger partial charge on any atom is -0.360 e. The van der Waals surface area contributed by atoms with E-state index in [2.05, 4.69) is 34.4 Å². The van der Waals surface area contributed by atoms with Crippen LogP contribution in [0.1, 0.15) is 18.5 Å². The second kappa shape index (κ2) is 6.40. The molecule has 2 heterocycles. The topological polar surface area (TPSA) is 53.2 Å².